The topological polar surface area (TPSA) is 117 Å². The van der Waals surface area contributed by atoms with Crippen LogP contribution in [0.5, 0.6) is 0 Å². The van der Waals surface area contributed by atoms with Gasteiger partial charge in [0.15, 0.2) is 6.10 Å². The van der Waals surface area contributed by atoms with Crippen molar-refractivity contribution < 1.29 is 37.4 Å². The summed E-state index contributed by atoms with van der Waals surface area (Å²) in [4.78, 5) is 47.3. The Morgan fingerprint density at radius 3 is 2.42 bits per heavy atom. The van der Waals surface area contributed by atoms with Gasteiger partial charge in [0.05, 0.1) is 24.3 Å². The minimum absolute atomic E-state index is 0.0851. The van der Waals surface area contributed by atoms with E-state index in [0.717, 1.165) is 28.7 Å². The fraction of sp³-hybridized carbons (Fsp3) is 0.486. The number of aliphatic hydroxyl groups is 1. The highest BCUT2D eigenvalue weighted by molar-refractivity contribution is 5.85. The Balaban J connectivity index is 1.64. The molecule has 10 nitrogen and oxygen atoms in total. The smallest absolute Gasteiger partial charge is 0.410 e. The zero-order chi connectivity index (χ0) is 35.1. The second kappa shape index (κ2) is 13.3. The molecule has 13 heteroatoms. The van der Waals surface area contributed by atoms with Crippen molar-refractivity contribution in [1.82, 2.24) is 24.7 Å². The summed E-state index contributed by atoms with van der Waals surface area (Å²) < 4.78 is 52.4. The highest BCUT2D eigenvalue weighted by Gasteiger charge is 2.58. The highest BCUT2D eigenvalue weighted by Crippen LogP contribution is 2.46. The largest absolute Gasteiger partial charge is 0.444 e. The standard InChI is InChI=1S/C35H42F3N5O5/c1-34(2,3)48-33(47)42-18-25(38)23-17-43(32(46)29(45)28(23)42)30(35(4,5)15-27(44)39-6)31-40-26(22-14-21(36)12-13-24(22)37)19-41(31)16-20-10-8-7-9-11-20/h7-14,19,23,25,28-30,45H,15-18H2,1-6H3,(H,39,44)/t23-,25?,28?,29-,30-/m0/s1. The van der Waals surface area contributed by atoms with Crippen LogP contribution in [-0.4, -0.2) is 86.4 Å². The molecule has 2 aromatic carbocycles. The van der Waals surface area contributed by atoms with Crippen molar-refractivity contribution in [1.29, 1.82) is 0 Å². The fourth-order valence-corrected chi connectivity index (χ4v) is 6.79. The molecule has 0 radical (unpaired) electrons. The van der Waals surface area contributed by atoms with E-state index in [2.05, 4.69) is 5.32 Å². The molecule has 48 heavy (non-hydrogen) atoms. The first-order valence-corrected chi connectivity index (χ1v) is 15.9. The van der Waals surface area contributed by atoms with Gasteiger partial charge >= 0.3 is 6.09 Å². The zero-order valence-electron chi connectivity index (χ0n) is 27.9. The summed E-state index contributed by atoms with van der Waals surface area (Å²) in [7, 11) is 1.48. The van der Waals surface area contributed by atoms with E-state index in [-0.39, 0.29) is 49.0 Å². The summed E-state index contributed by atoms with van der Waals surface area (Å²) in [5.41, 5.74) is -1.16. The third kappa shape index (κ3) is 7.06. The number of halogens is 3. The Hall–Kier alpha value is -4.39. The predicted octanol–water partition coefficient (Wildman–Crippen LogP) is 4.86. The number of piperidine rings is 1. The van der Waals surface area contributed by atoms with Gasteiger partial charge in [-0.05, 0) is 44.5 Å². The van der Waals surface area contributed by atoms with E-state index in [0.29, 0.717) is 0 Å². The molecule has 2 aliphatic heterocycles. The van der Waals surface area contributed by atoms with E-state index in [1.54, 1.807) is 45.4 Å². The molecule has 3 heterocycles. The Bertz CT molecular complexity index is 1670. The lowest BCUT2D eigenvalue weighted by atomic mass is 9.77. The molecule has 3 amide bonds. The fourth-order valence-electron chi connectivity index (χ4n) is 6.79. The average molecular weight is 670 g/mol. The molecule has 0 spiro atoms. The van der Waals surface area contributed by atoms with Gasteiger partial charge in [0.25, 0.3) is 5.91 Å². The van der Waals surface area contributed by atoms with Crippen LogP contribution in [0.3, 0.4) is 0 Å². The molecule has 2 unspecified atom stereocenters. The number of aromatic nitrogens is 2. The number of likely N-dealkylation sites (tertiary alicyclic amines) is 2. The Morgan fingerprint density at radius 1 is 1.08 bits per heavy atom. The Morgan fingerprint density at radius 2 is 1.77 bits per heavy atom. The second-order valence-electron chi connectivity index (χ2n) is 14.2. The van der Waals surface area contributed by atoms with Crippen molar-refractivity contribution in [2.75, 3.05) is 20.1 Å². The molecule has 2 fully saturated rings. The SMILES string of the molecule is CNC(=O)CC(C)(C)[C@H](c1nc(-c2cc(F)ccc2F)cn1Cc1ccccc1)N1C[C@H]2C(F)CN(C(=O)OC(C)(C)C)C2[C@H](O)C1=O. The van der Waals surface area contributed by atoms with E-state index < -0.39 is 64.9 Å². The summed E-state index contributed by atoms with van der Waals surface area (Å²) in [6, 6.07) is 10.0. The lowest BCUT2D eigenvalue weighted by Gasteiger charge is -2.48. The normalized spacial score (nSPS) is 22.0. The van der Waals surface area contributed by atoms with Crippen molar-refractivity contribution in [2.45, 2.75) is 77.5 Å². The minimum Gasteiger partial charge on any atom is -0.444 e. The van der Waals surface area contributed by atoms with E-state index >= 15 is 8.78 Å². The molecule has 1 aromatic heterocycles. The maximum Gasteiger partial charge on any atom is 0.410 e. The van der Waals surface area contributed by atoms with Crippen molar-refractivity contribution in [2.24, 2.45) is 11.3 Å². The number of amides is 3. The molecule has 5 atom stereocenters. The van der Waals surface area contributed by atoms with Crippen LogP contribution in [0.1, 0.15) is 58.5 Å². The monoisotopic (exact) mass is 669 g/mol. The van der Waals surface area contributed by atoms with Crippen molar-refractivity contribution >= 4 is 17.9 Å². The van der Waals surface area contributed by atoms with Gasteiger partial charge < -0.3 is 24.6 Å². The first-order valence-electron chi connectivity index (χ1n) is 15.9. The van der Waals surface area contributed by atoms with Crippen LogP contribution in [0.25, 0.3) is 11.3 Å². The molecule has 2 saturated heterocycles. The predicted molar refractivity (Wildman–Crippen MR) is 171 cm³/mol. The van der Waals surface area contributed by atoms with Gasteiger partial charge in [-0.1, -0.05) is 44.2 Å². The molecule has 258 valence electrons. The maximum absolute atomic E-state index is 15.8. The Kier molecular flexibility index (Phi) is 9.64. The summed E-state index contributed by atoms with van der Waals surface area (Å²) in [5.74, 6) is -3.28. The lowest BCUT2D eigenvalue weighted by Crippen LogP contribution is -2.62. The van der Waals surface area contributed by atoms with Crippen LogP contribution in [-0.2, 0) is 20.9 Å². The quantitative estimate of drug-likeness (QED) is 0.354. The number of carbonyl (C=O) groups excluding carboxylic acids is 3. The molecule has 0 saturated carbocycles. The molecule has 2 N–H and O–H groups in total. The zero-order valence-corrected chi connectivity index (χ0v) is 27.9. The average Bonchev–Trinajstić information content (AvgIpc) is 3.56. The van der Waals surface area contributed by atoms with Gasteiger partial charge in [-0.2, -0.15) is 0 Å². The first kappa shape index (κ1) is 34.9. The molecule has 5 rings (SSSR count). The van der Waals surface area contributed by atoms with Crippen LogP contribution in [0.2, 0.25) is 0 Å². The van der Waals surface area contributed by atoms with Gasteiger partial charge in [0.2, 0.25) is 5.91 Å². The summed E-state index contributed by atoms with van der Waals surface area (Å²) in [6.45, 7) is 8.10. The maximum atomic E-state index is 15.8. The van der Waals surface area contributed by atoms with Crippen LogP contribution < -0.4 is 5.32 Å². The number of hydrogen-bond donors (Lipinski definition) is 2. The number of aliphatic hydroxyl groups excluding tert-OH is 1. The molecule has 0 bridgehead atoms. The third-order valence-electron chi connectivity index (χ3n) is 8.93. The molecule has 2 aliphatic rings. The van der Waals surface area contributed by atoms with Crippen molar-refractivity contribution in [3.63, 3.8) is 0 Å². The lowest BCUT2D eigenvalue weighted by molar-refractivity contribution is -0.159. The van der Waals surface area contributed by atoms with Gasteiger partial charge in [0, 0.05) is 49.7 Å². The van der Waals surface area contributed by atoms with E-state index in [9.17, 15) is 23.9 Å². The number of hydrogen-bond acceptors (Lipinski definition) is 6. The van der Waals surface area contributed by atoms with Crippen LogP contribution >= 0.6 is 0 Å². The van der Waals surface area contributed by atoms with Gasteiger partial charge in [-0.25, -0.2) is 22.9 Å². The van der Waals surface area contributed by atoms with Crippen LogP contribution in [0.4, 0.5) is 18.0 Å². The molecular weight excluding hydrogens is 627 g/mol. The minimum atomic E-state index is -1.81. The van der Waals surface area contributed by atoms with Gasteiger partial charge in [-0.3, -0.25) is 14.5 Å². The van der Waals surface area contributed by atoms with Gasteiger partial charge in [0.1, 0.15) is 29.2 Å². The molecular formula is C35H42F3N5O5. The number of imidazole rings is 1. The summed E-state index contributed by atoms with van der Waals surface area (Å²) >= 11 is 0. The summed E-state index contributed by atoms with van der Waals surface area (Å²) in [5, 5.41) is 14.1. The van der Waals surface area contributed by atoms with E-state index in [1.807, 2.05) is 30.3 Å². The number of fused-ring (bicyclic) bond motifs is 1. The number of nitrogens with zero attached hydrogens (tertiary/aromatic N) is 4. The van der Waals surface area contributed by atoms with E-state index in [4.69, 9.17) is 9.72 Å². The second-order valence-corrected chi connectivity index (χ2v) is 14.2. The van der Waals surface area contributed by atoms with Gasteiger partial charge in [-0.15, -0.1) is 0 Å². The van der Waals surface area contributed by atoms with Crippen LogP contribution in [0.15, 0.2) is 54.7 Å². The Labute approximate surface area is 277 Å². The third-order valence-corrected chi connectivity index (χ3v) is 8.93. The number of nitrogens with one attached hydrogen (secondary N) is 1. The highest BCUT2D eigenvalue weighted by atomic mass is 19.1. The molecule has 0 aliphatic carbocycles. The molecule has 3 aromatic rings. The van der Waals surface area contributed by atoms with Crippen molar-refractivity contribution in [3.05, 3.63) is 77.8 Å². The van der Waals surface area contributed by atoms with E-state index in [1.165, 1.54) is 11.9 Å². The summed E-state index contributed by atoms with van der Waals surface area (Å²) in [6.07, 6.45) is -2.80. The first-order chi connectivity index (χ1) is 22.5. The van der Waals surface area contributed by atoms with Crippen molar-refractivity contribution in [3.8, 4) is 11.3 Å². The number of carbonyl (C=O) groups is 3. The number of alkyl halides is 1. The number of ether oxygens (including phenoxy) is 1. The number of rotatable bonds is 8. The number of benzene rings is 2. The van der Waals surface area contributed by atoms with Crippen LogP contribution in [0, 0.1) is 23.0 Å².